The van der Waals surface area contributed by atoms with Crippen LogP contribution in [-0.2, 0) is 22.6 Å². The molecule has 0 unspecified atom stereocenters. The van der Waals surface area contributed by atoms with Gasteiger partial charge in [-0.25, -0.2) is 4.79 Å². The van der Waals surface area contributed by atoms with E-state index >= 15 is 0 Å². The highest BCUT2D eigenvalue weighted by Gasteiger charge is 2.32. The average molecular weight is 491 g/mol. The van der Waals surface area contributed by atoms with Crippen molar-refractivity contribution in [3.05, 3.63) is 64.4 Å². The van der Waals surface area contributed by atoms with Crippen LogP contribution in [-0.4, -0.2) is 30.7 Å². The average Bonchev–Trinajstić information content (AvgIpc) is 3.46. The number of carbonyl (C=O) groups excluding carboxylic acids is 2. The summed E-state index contributed by atoms with van der Waals surface area (Å²) in [5.41, 5.74) is 5.99. The smallest absolute Gasteiger partial charge is 0.342 e. The zero-order valence-corrected chi connectivity index (χ0v) is 21.9. The summed E-state index contributed by atoms with van der Waals surface area (Å²) < 4.78 is 18.8. The zero-order valence-electron chi connectivity index (χ0n) is 21.9. The van der Waals surface area contributed by atoms with Gasteiger partial charge in [-0.2, -0.15) is 0 Å². The molecular formula is C29H34N2O5. The Kier molecular flexibility index (Phi) is 7.38. The number of aromatic nitrogens is 1. The molecule has 7 heteroatoms. The molecule has 36 heavy (non-hydrogen) atoms. The number of benzene rings is 2. The first-order valence-electron chi connectivity index (χ1n) is 12.2. The maximum atomic E-state index is 12.7. The van der Waals surface area contributed by atoms with Crippen LogP contribution in [0.5, 0.6) is 11.5 Å². The van der Waals surface area contributed by atoms with E-state index in [2.05, 4.69) is 42.1 Å². The third kappa shape index (κ3) is 4.70. The summed E-state index contributed by atoms with van der Waals surface area (Å²) in [6.07, 6.45) is 5.62. The van der Waals surface area contributed by atoms with Gasteiger partial charge in [0.25, 0.3) is 0 Å². The van der Waals surface area contributed by atoms with Gasteiger partial charge in [0.15, 0.2) is 0 Å². The van der Waals surface area contributed by atoms with Crippen LogP contribution >= 0.6 is 0 Å². The third-order valence-electron chi connectivity index (χ3n) is 6.82. The minimum absolute atomic E-state index is 0.0289. The molecular weight excluding hydrogens is 456 g/mol. The fraction of sp³-hybridized carbons (Fsp3) is 0.379. The molecule has 0 radical (unpaired) electrons. The summed E-state index contributed by atoms with van der Waals surface area (Å²) in [5.74, 6) is 0.800. The quantitative estimate of drug-likeness (QED) is 0.289. The maximum absolute atomic E-state index is 12.7. The Morgan fingerprint density at radius 3 is 2.61 bits per heavy atom. The molecule has 1 aromatic heterocycles. The van der Waals surface area contributed by atoms with Gasteiger partial charge in [0.1, 0.15) is 23.7 Å². The van der Waals surface area contributed by atoms with E-state index in [4.69, 9.17) is 14.2 Å². The summed E-state index contributed by atoms with van der Waals surface area (Å²) >= 11 is 0. The molecule has 190 valence electrons. The van der Waals surface area contributed by atoms with E-state index in [1.54, 1.807) is 14.2 Å². The number of fused-ring (bicyclic) bond motifs is 2. The molecule has 1 aliphatic heterocycles. The predicted molar refractivity (Wildman–Crippen MR) is 141 cm³/mol. The van der Waals surface area contributed by atoms with Crippen LogP contribution in [0.2, 0.25) is 0 Å². The first-order valence-corrected chi connectivity index (χ1v) is 12.2. The highest BCUT2D eigenvalue weighted by atomic mass is 16.5. The van der Waals surface area contributed by atoms with Crippen molar-refractivity contribution in [2.45, 2.75) is 59.6 Å². The number of esters is 1. The molecule has 0 bridgehead atoms. The molecule has 0 saturated heterocycles. The summed E-state index contributed by atoms with van der Waals surface area (Å²) in [7, 11) is 3.17. The summed E-state index contributed by atoms with van der Waals surface area (Å²) in [6, 6.07) is 8.37. The Morgan fingerprint density at radius 2 is 1.92 bits per heavy atom. The third-order valence-corrected chi connectivity index (χ3v) is 6.82. The number of carbonyl (C=O) groups is 2. The van der Waals surface area contributed by atoms with Crippen molar-refractivity contribution in [1.29, 1.82) is 0 Å². The van der Waals surface area contributed by atoms with Gasteiger partial charge in [0.05, 0.1) is 25.4 Å². The van der Waals surface area contributed by atoms with Gasteiger partial charge >= 0.3 is 5.97 Å². The molecule has 0 atom stereocenters. The topological polar surface area (TPSA) is 78.8 Å². The largest absolute Gasteiger partial charge is 0.496 e. The van der Waals surface area contributed by atoms with Gasteiger partial charge < -0.3 is 24.1 Å². The number of anilines is 1. The Hall–Kier alpha value is -3.74. The molecule has 2 heterocycles. The lowest BCUT2D eigenvalue weighted by Gasteiger charge is -2.18. The number of hydrogen-bond donors (Lipinski definition) is 1. The molecule has 0 fully saturated rings. The zero-order chi connectivity index (χ0) is 26.0. The first kappa shape index (κ1) is 25.4. The second-order valence-electron chi connectivity index (χ2n) is 9.46. The lowest BCUT2D eigenvalue weighted by Crippen LogP contribution is -2.11. The second kappa shape index (κ2) is 10.5. The minimum Gasteiger partial charge on any atom is -0.496 e. The molecule has 4 rings (SSSR count). The van der Waals surface area contributed by atoms with E-state index in [1.807, 2.05) is 32.0 Å². The van der Waals surface area contributed by atoms with Crippen LogP contribution in [0.3, 0.4) is 0 Å². The number of cyclic esters (lactones) is 1. The van der Waals surface area contributed by atoms with Crippen LogP contribution in [0.1, 0.15) is 66.7 Å². The van der Waals surface area contributed by atoms with E-state index in [-0.39, 0.29) is 18.5 Å². The second-order valence-corrected chi connectivity index (χ2v) is 9.46. The Morgan fingerprint density at radius 1 is 1.17 bits per heavy atom. The number of nitrogens with one attached hydrogen (secondary N) is 1. The summed E-state index contributed by atoms with van der Waals surface area (Å²) in [6.45, 7) is 8.44. The molecule has 0 spiro atoms. The van der Waals surface area contributed by atoms with Crippen LogP contribution in [0.15, 0.2) is 42.1 Å². The fourth-order valence-electron chi connectivity index (χ4n) is 4.88. The fourth-order valence-corrected chi connectivity index (χ4v) is 4.88. The Balaban J connectivity index is 1.46. The van der Waals surface area contributed by atoms with Crippen LogP contribution in [0.25, 0.3) is 10.9 Å². The number of nitrogens with zero attached hydrogens (tertiary/aromatic N) is 1. The van der Waals surface area contributed by atoms with Gasteiger partial charge in [0.2, 0.25) is 5.91 Å². The van der Waals surface area contributed by atoms with Crippen molar-refractivity contribution in [3.8, 4) is 11.5 Å². The van der Waals surface area contributed by atoms with E-state index in [0.29, 0.717) is 42.4 Å². The van der Waals surface area contributed by atoms with E-state index in [1.165, 1.54) is 0 Å². The van der Waals surface area contributed by atoms with E-state index in [0.717, 1.165) is 38.9 Å². The lowest BCUT2D eigenvalue weighted by molar-refractivity contribution is -0.116. The highest BCUT2D eigenvalue weighted by molar-refractivity contribution is 6.01. The SMILES string of the molecule is COc1c(C)c2c(c(OC)c1C/C=C(\C)CCC(=O)Nc1cccc3c1ccn3C(C)C)C(=O)OC2. The number of rotatable bonds is 9. The minimum atomic E-state index is -0.370. The molecule has 1 amide bonds. The Labute approximate surface area is 212 Å². The van der Waals surface area contributed by atoms with Gasteiger partial charge in [-0.1, -0.05) is 17.7 Å². The van der Waals surface area contributed by atoms with Crippen molar-refractivity contribution >= 4 is 28.5 Å². The van der Waals surface area contributed by atoms with Crippen LogP contribution < -0.4 is 14.8 Å². The number of methoxy groups -OCH3 is 2. The molecule has 0 saturated carbocycles. The number of hydrogen-bond acceptors (Lipinski definition) is 5. The normalized spacial score (nSPS) is 13.2. The van der Waals surface area contributed by atoms with E-state index < -0.39 is 0 Å². The van der Waals surface area contributed by atoms with Crippen molar-refractivity contribution in [2.75, 3.05) is 19.5 Å². The number of allylic oxidation sites excluding steroid dienone is 2. The van der Waals surface area contributed by atoms with Gasteiger partial charge in [-0.3, -0.25) is 4.79 Å². The van der Waals surface area contributed by atoms with Crippen molar-refractivity contribution in [2.24, 2.45) is 0 Å². The van der Waals surface area contributed by atoms with Crippen LogP contribution in [0, 0.1) is 6.92 Å². The highest BCUT2D eigenvalue weighted by Crippen LogP contribution is 2.42. The molecule has 1 N–H and O–H groups in total. The van der Waals surface area contributed by atoms with Gasteiger partial charge in [-0.05, 0) is 64.3 Å². The van der Waals surface area contributed by atoms with Crippen molar-refractivity contribution in [3.63, 3.8) is 0 Å². The molecule has 2 aromatic carbocycles. The molecule has 3 aromatic rings. The van der Waals surface area contributed by atoms with Crippen molar-refractivity contribution < 1.29 is 23.8 Å². The number of ether oxygens (including phenoxy) is 3. The summed E-state index contributed by atoms with van der Waals surface area (Å²) in [4.78, 5) is 25.1. The van der Waals surface area contributed by atoms with Gasteiger partial charge in [0, 0.05) is 35.2 Å². The summed E-state index contributed by atoms with van der Waals surface area (Å²) in [5, 5.41) is 4.11. The number of amides is 1. The Bertz CT molecular complexity index is 1350. The first-order chi connectivity index (χ1) is 17.3. The molecule has 1 aliphatic rings. The monoisotopic (exact) mass is 490 g/mol. The van der Waals surface area contributed by atoms with Crippen molar-refractivity contribution in [1.82, 2.24) is 4.57 Å². The predicted octanol–water partition coefficient (Wildman–Crippen LogP) is 6.13. The molecule has 7 nitrogen and oxygen atoms in total. The maximum Gasteiger partial charge on any atom is 0.342 e. The van der Waals surface area contributed by atoms with E-state index in [9.17, 15) is 9.59 Å². The van der Waals surface area contributed by atoms with Crippen LogP contribution in [0.4, 0.5) is 5.69 Å². The lowest BCUT2D eigenvalue weighted by atomic mass is 9.94. The standard InChI is InChI=1S/C29H34N2O5/c1-17(2)31-15-14-20-23(8-7-9-24(20)31)30-25(32)13-11-18(3)10-12-21-27(34-5)19(4)22-16-36-29(33)26(22)28(21)35-6/h7-10,14-15,17H,11-13,16H2,1-6H3,(H,30,32)/b18-10+. The van der Waals surface area contributed by atoms with Gasteiger partial charge in [-0.15, -0.1) is 0 Å². The molecule has 0 aliphatic carbocycles.